The van der Waals surface area contributed by atoms with Crippen LogP contribution < -0.4 is 10.2 Å². The van der Waals surface area contributed by atoms with Gasteiger partial charge in [0.05, 0.1) is 5.69 Å². The SMILES string of the molecule is CCC(C)NC(=O)c1sc(N(C)c2ccccc2)nc1C. The van der Waals surface area contributed by atoms with Crippen molar-refractivity contribution in [3.8, 4) is 0 Å². The molecule has 1 aromatic heterocycles. The Labute approximate surface area is 129 Å². The molecule has 2 aromatic rings. The summed E-state index contributed by atoms with van der Waals surface area (Å²) >= 11 is 1.43. The van der Waals surface area contributed by atoms with Crippen LogP contribution >= 0.6 is 11.3 Å². The Morgan fingerprint density at radius 2 is 2.05 bits per heavy atom. The maximum Gasteiger partial charge on any atom is 0.263 e. The van der Waals surface area contributed by atoms with Crippen LogP contribution in [0, 0.1) is 6.92 Å². The molecule has 1 heterocycles. The molecule has 2 rings (SSSR count). The van der Waals surface area contributed by atoms with Gasteiger partial charge in [-0.15, -0.1) is 0 Å². The lowest BCUT2D eigenvalue weighted by Gasteiger charge is -2.15. The zero-order valence-corrected chi connectivity index (χ0v) is 13.7. The molecule has 112 valence electrons. The van der Waals surface area contributed by atoms with Gasteiger partial charge in [-0.05, 0) is 32.4 Å². The molecule has 1 amide bonds. The van der Waals surface area contributed by atoms with Crippen LogP contribution in [0.5, 0.6) is 0 Å². The molecule has 0 aliphatic carbocycles. The van der Waals surface area contributed by atoms with Crippen molar-refractivity contribution in [1.82, 2.24) is 10.3 Å². The van der Waals surface area contributed by atoms with Crippen LogP contribution in [0.4, 0.5) is 10.8 Å². The van der Waals surface area contributed by atoms with E-state index < -0.39 is 0 Å². The zero-order valence-electron chi connectivity index (χ0n) is 12.9. The third-order valence-corrected chi connectivity index (χ3v) is 4.64. The van der Waals surface area contributed by atoms with Gasteiger partial charge in [-0.3, -0.25) is 4.79 Å². The molecule has 1 unspecified atom stereocenters. The largest absolute Gasteiger partial charge is 0.349 e. The normalized spacial score (nSPS) is 12.0. The number of nitrogens with one attached hydrogen (secondary N) is 1. The van der Waals surface area contributed by atoms with E-state index in [2.05, 4.69) is 17.2 Å². The van der Waals surface area contributed by atoms with Crippen molar-refractivity contribution in [1.29, 1.82) is 0 Å². The summed E-state index contributed by atoms with van der Waals surface area (Å²) in [6.45, 7) is 5.94. The van der Waals surface area contributed by atoms with Crippen molar-refractivity contribution in [2.45, 2.75) is 33.2 Å². The average molecular weight is 303 g/mol. The molecule has 1 N–H and O–H groups in total. The minimum absolute atomic E-state index is 0.0351. The van der Waals surface area contributed by atoms with E-state index in [-0.39, 0.29) is 11.9 Å². The first kappa shape index (κ1) is 15.5. The standard InChI is InChI=1S/C16H21N3OS/c1-5-11(2)17-15(20)14-12(3)18-16(21-14)19(4)13-9-7-6-8-10-13/h6-11H,5H2,1-4H3,(H,17,20). The molecule has 0 aliphatic rings. The molecular weight excluding hydrogens is 282 g/mol. The van der Waals surface area contributed by atoms with Crippen molar-refractivity contribution in [2.75, 3.05) is 11.9 Å². The number of hydrogen-bond acceptors (Lipinski definition) is 4. The molecule has 21 heavy (non-hydrogen) atoms. The molecule has 0 bridgehead atoms. The highest BCUT2D eigenvalue weighted by Crippen LogP contribution is 2.30. The number of carbonyl (C=O) groups is 1. The van der Waals surface area contributed by atoms with Gasteiger partial charge in [0, 0.05) is 18.8 Å². The number of benzene rings is 1. The van der Waals surface area contributed by atoms with Crippen molar-refractivity contribution >= 4 is 28.1 Å². The van der Waals surface area contributed by atoms with E-state index in [1.54, 1.807) is 0 Å². The Hall–Kier alpha value is -1.88. The van der Waals surface area contributed by atoms with E-state index in [1.165, 1.54) is 11.3 Å². The number of anilines is 2. The fourth-order valence-corrected chi connectivity index (χ4v) is 2.84. The minimum Gasteiger partial charge on any atom is -0.349 e. The van der Waals surface area contributed by atoms with Gasteiger partial charge < -0.3 is 10.2 Å². The number of thiazole rings is 1. The molecule has 1 aromatic carbocycles. The van der Waals surface area contributed by atoms with Gasteiger partial charge >= 0.3 is 0 Å². The van der Waals surface area contributed by atoms with Crippen LogP contribution in [0.3, 0.4) is 0 Å². The Kier molecular flexibility index (Phi) is 4.96. The van der Waals surface area contributed by atoms with Gasteiger partial charge in [0.2, 0.25) is 0 Å². The maximum atomic E-state index is 12.2. The molecular formula is C16H21N3OS. The summed E-state index contributed by atoms with van der Waals surface area (Å²) in [6, 6.07) is 10.2. The summed E-state index contributed by atoms with van der Waals surface area (Å²) in [7, 11) is 1.96. The van der Waals surface area contributed by atoms with Gasteiger partial charge in [-0.25, -0.2) is 4.98 Å². The highest BCUT2D eigenvalue weighted by Gasteiger charge is 2.18. The molecule has 5 heteroatoms. The second-order valence-corrected chi connectivity index (χ2v) is 6.07. The van der Waals surface area contributed by atoms with Crippen LogP contribution in [0.15, 0.2) is 30.3 Å². The van der Waals surface area contributed by atoms with Gasteiger partial charge in [0.15, 0.2) is 5.13 Å². The molecule has 0 saturated carbocycles. The fourth-order valence-electron chi connectivity index (χ4n) is 1.89. The van der Waals surface area contributed by atoms with Crippen LogP contribution in [0.2, 0.25) is 0 Å². The average Bonchev–Trinajstić information content (AvgIpc) is 2.89. The molecule has 0 fully saturated rings. The summed E-state index contributed by atoms with van der Waals surface area (Å²) in [5.41, 5.74) is 1.83. The smallest absolute Gasteiger partial charge is 0.263 e. The number of hydrogen-bond donors (Lipinski definition) is 1. The maximum absolute atomic E-state index is 12.2. The number of para-hydroxylation sites is 1. The second-order valence-electron chi connectivity index (χ2n) is 5.09. The van der Waals surface area contributed by atoms with Crippen LogP contribution in [0.1, 0.15) is 35.6 Å². The third-order valence-electron chi connectivity index (χ3n) is 3.41. The van der Waals surface area contributed by atoms with Crippen LogP contribution in [-0.2, 0) is 0 Å². The summed E-state index contributed by atoms with van der Waals surface area (Å²) in [4.78, 5) is 19.5. The van der Waals surface area contributed by atoms with Crippen molar-refractivity contribution in [3.05, 3.63) is 40.9 Å². The summed E-state index contributed by atoms with van der Waals surface area (Å²) in [5.74, 6) is -0.0351. The highest BCUT2D eigenvalue weighted by molar-refractivity contribution is 7.17. The predicted octanol–water partition coefficient (Wildman–Crippen LogP) is 3.75. The fraction of sp³-hybridized carbons (Fsp3) is 0.375. The molecule has 4 nitrogen and oxygen atoms in total. The van der Waals surface area contributed by atoms with E-state index in [0.717, 1.165) is 22.9 Å². The van der Waals surface area contributed by atoms with Gasteiger partial charge in [0.1, 0.15) is 4.88 Å². The Morgan fingerprint density at radius 3 is 2.67 bits per heavy atom. The summed E-state index contributed by atoms with van der Waals surface area (Å²) in [5, 5.41) is 3.82. The molecule has 1 atom stereocenters. The molecule has 0 saturated heterocycles. The molecule has 0 radical (unpaired) electrons. The van der Waals surface area contributed by atoms with Crippen molar-refractivity contribution in [3.63, 3.8) is 0 Å². The Balaban J connectivity index is 2.21. The lowest BCUT2D eigenvalue weighted by atomic mass is 10.2. The second kappa shape index (κ2) is 6.72. The summed E-state index contributed by atoms with van der Waals surface area (Å²) < 4.78 is 0. The highest BCUT2D eigenvalue weighted by atomic mass is 32.1. The van der Waals surface area contributed by atoms with E-state index in [4.69, 9.17) is 0 Å². The molecule has 0 spiro atoms. The number of nitrogens with zero attached hydrogens (tertiary/aromatic N) is 2. The monoisotopic (exact) mass is 303 g/mol. The number of aryl methyl sites for hydroxylation is 1. The third kappa shape index (κ3) is 3.61. The van der Waals surface area contributed by atoms with Gasteiger partial charge in [-0.1, -0.05) is 36.5 Å². The van der Waals surface area contributed by atoms with E-state index in [9.17, 15) is 4.79 Å². The number of amides is 1. The van der Waals surface area contributed by atoms with Gasteiger partial charge in [-0.2, -0.15) is 0 Å². The number of carbonyl (C=O) groups excluding carboxylic acids is 1. The van der Waals surface area contributed by atoms with E-state index >= 15 is 0 Å². The first-order valence-corrected chi connectivity index (χ1v) is 7.91. The Bertz CT molecular complexity index is 609. The molecule has 0 aliphatic heterocycles. The first-order valence-electron chi connectivity index (χ1n) is 7.10. The van der Waals surface area contributed by atoms with E-state index in [1.807, 2.05) is 56.1 Å². The van der Waals surface area contributed by atoms with Crippen LogP contribution in [0.25, 0.3) is 0 Å². The zero-order chi connectivity index (χ0) is 15.4. The minimum atomic E-state index is -0.0351. The van der Waals surface area contributed by atoms with Crippen molar-refractivity contribution < 1.29 is 4.79 Å². The lowest BCUT2D eigenvalue weighted by molar-refractivity contribution is 0.0942. The number of aromatic nitrogens is 1. The van der Waals surface area contributed by atoms with Crippen molar-refractivity contribution in [2.24, 2.45) is 0 Å². The predicted molar refractivity (Wildman–Crippen MR) is 88.6 cm³/mol. The van der Waals surface area contributed by atoms with E-state index in [0.29, 0.717) is 4.88 Å². The Morgan fingerprint density at radius 1 is 1.38 bits per heavy atom. The van der Waals surface area contributed by atoms with Gasteiger partial charge in [0.25, 0.3) is 5.91 Å². The summed E-state index contributed by atoms with van der Waals surface area (Å²) in [6.07, 6.45) is 0.917. The lowest BCUT2D eigenvalue weighted by Crippen LogP contribution is -2.31. The van der Waals surface area contributed by atoms with Crippen LogP contribution in [-0.4, -0.2) is 24.0 Å². The quantitative estimate of drug-likeness (QED) is 0.915. The topological polar surface area (TPSA) is 45.2 Å². The first-order chi connectivity index (χ1) is 10.0. The number of rotatable bonds is 5.